The quantitative estimate of drug-likeness (QED) is 0.336. The van der Waals surface area contributed by atoms with E-state index in [4.69, 9.17) is 13.8 Å². The average molecular weight is 338 g/mol. The number of para-hydroxylation sites is 1. The van der Waals surface area contributed by atoms with E-state index in [1.807, 2.05) is 0 Å². The minimum atomic E-state index is -4.55. The molecule has 0 aliphatic carbocycles. The van der Waals surface area contributed by atoms with Crippen molar-refractivity contribution in [3.05, 3.63) is 24.3 Å². The first kappa shape index (κ1) is 17.8. The van der Waals surface area contributed by atoms with E-state index in [0.29, 0.717) is 0 Å². The number of benzene rings is 1. The molecule has 8 nitrogen and oxygen atoms in total. The Hall–Kier alpha value is -1.25. The lowest BCUT2D eigenvalue weighted by molar-refractivity contribution is -0.131. The maximum atomic E-state index is 12.1. The summed E-state index contributed by atoms with van der Waals surface area (Å²) in [5.41, 5.74) is 0. The standard InChI is InChI=1S/C11H15O8PS/c1-8(2)19-20(13,14)10-6-4-3-5-9(10)18-11(12)7-21(15,16)17/h3-6,8H,7H2,1-2H3,(H,13,14)(H,15,16,17). The molecule has 118 valence electrons. The summed E-state index contributed by atoms with van der Waals surface area (Å²) in [5, 5.41) is -0.276. The van der Waals surface area contributed by atoms with Gasteiger partial charge >= 0.3 is 13.6 Å². The summed E-state index contributed by atoms with van der Waals surface area (Å²) in [6, 6.07) is 5.29. The predicted molar refractivity (Wildman–Crippen MR) is 74.2 cm³/mol. The van der Waals surface area contributed by atoms with Crippen LogP contribution < -0.4 is 10.0 Å². The van der Waals surface area contributed by atoms with Crippen molar-refractivity contribution in [2.75, 3.05) is 5.75 Å². The van der Waals surface area contributed by atoms with Crippen molar-refractivity contribution in [1.29, 1.82) is 0 Å². The Morgan fingerprint density at radius 1 is 1.33 bits per heavy atom. The normalized spacial score (nSPS) is 14.7. The SMILES string of the molecule is CC(C)OP(=O)(O)c1ccccc1OC(=O)CS(=O)(=O)O. The summed E-state index contributed by atoms with van der Waals surface area (Å²) in [7, 11) is -8.78. The van der Waals surface area contributed by atoms with Crippen LogP contribution in [0.5, 0.6) is 5.75 Å². The molecule has 0 fully saturated rings. The molecule has 0 amide bonds. The highest BCUT2D eigenvalue weighted by Crippen LogP contribution is 2.44. The topological polar surface area (TPSA) is 127 Å². The van der Waals surface area contributed by atoms with E-state index >= 15 is 0 Å². The van der Waals surface area contributed by atoms with Gasteiger partial charge in [-0.3, -0.25) is 13.9 Å². The number of rotatable bonds is 6. The first-order chi connectivity index (χ1) is 9.51. The van der Waals surface area contributed by atoms with E-state index < -0.39 is 35.5 Å². The van der Waals surface area contributed by atoms with Gasteiger partial charge in [-0.15, -0.1) is 0 Å². The molecule has 1 aromatic rings. The number of carbonyl (C=O) groups excluding carboxylic acids is 1. The number of hydrogen-bond donors (Lipinski definition) is 2. The molecule has 0 saturated carbocycles. The third kappa shape index (κ3) is 5.94. The Morgan fingerprint density at radius 3 is 2.43 bits per heavy atom. The van der Waals surface area contributed by atoms with Crippen molar-refractivity contribution >= 4 is 29.0 Å². The lowest BCUT2D eigenvalue weighted by Gasteiger charge is -2.17. The number of carbonyl (C=O) groups is 1. The van der Waals surface area contributed by atoms with Crippen LogP contribution in [0.25, 0.3) is 0 Å². The van der Waals surface area contributed by atoms with Crippen LogP contribution in [0.3, 0.4) is 0 Å². The monoisotopic (exact) mass is 338 g/mol. The lowest BCUT2D eigenvalue weighted by atomic mass is 10.3. The Bertz CT molecular complexity index is 667. The zero-order valence-corrected chi connectivity index (χ0v) is 13.0. The summed E-state index contributed by atoms with van der Waals surface area (Å²) >= 11 is 0. The van der Waals surface area contributed by atoms with Crippen molar-refractivity contribution in [3.63, 3.8) is 0 Å². The first-order valence-corrected chi connectivity index (χ1v) is 8.96. The van der Waals surface area contributed by atoms with Crippen LogP contribution in [0.15, 0.2) is 24.3 Å². The van der Waals surface area contributed by atoms with Crippen LogP contribution in [-0.4, -0.2) is 35.7 Å². The molecule has 0 bridgehead atoms. The van der Waals surface area contributed by atoms with E-state index in [1.54, 1.807) is 13.8 Å². The van der Waals surface area contributed by atoms with Crippen LogP contribution in [0.2, 0.25) is 0 Å². The third-order valence-electron chi connectivity index (χ3n) is 2.05. The second-order valence-electron chi connectivity index (χ2n) is 4.34. The van der Waals surface area contributed by atoms with Gasteiger partial charge in [-0.2, -0.15) is 8.42 Å². The van der Waals surface area contributed by atoms with Crippen molar-refractivity contribution in [3.8, 4) is 5.75 Å². The molecule has 0 radical (unpaired) electrons. The van der Waals surface area contributed by atoms with Crippen molar-refractivity contribution < 1.29 is 36.5 Å². The fourth-order valence-electron chi connectivity index (χ4n) is 1.42. The Labute approximate surface area is 122 Å². The minimum absolute atomic E-state index is 0.276. The summed E-state index contributed by atoms with van der Waals surface area (Å²) in [5.74, 6) is -2.85. The number of ether oxygens (including phenoxy) is 1. The summed E-state index contributed by atoms with van der Waals surface area (Å²) in [4.78, 5) is 21.2. The van der Waals surface area contributed by atoms with Gasteiger partial charge < -0.3 is 14.2 Å². The first-order valence-electron chi connectivity index (χ1n) is 5.78. The maximum Gasteiger partial charge on any atom is 0.362 e. The van der Waals surface area contributed by atoms with E-state index in [2.05, 4.69) is 0 Å². The second kappa shape index (κ2) is 6.67. The molecule has 1 unspecified atom stereocenters. The van der Waals surface area contributed by atoms with E-state index in [0.717, 1.165) is 0 Å². The van der Waals surface area contributed by atoms with Gasteiger partial charge in [-0.1, -0.05) is 12.1 Å². The number of hydrogen-bond acceptors (Lipinski definition) is 6. The highest BCUT2D eigenvalue weighted by atomic mass is 32.2. The van der Waals surface area contributed by atoms with Crippen molar-refractivity contribution in [2.24, 2.45) is 0 Å². The molecule has 10 heteroatoms. The summed E-state index contributed by atoms with van der Waals surface area (Å²) in [6.45, 7) is 3.10. The molecule has 21 heavy (non-hydrogen) atoms. The molecule has 0 spiro atoms. The predicted octanol–water partition coefficient (Wildman–Crippen LogP) is 0.715. The fraction of sp³-hybridized carbons (Fsp3) is 0.364. The van der Waals surface area contributed by atoms with E-state index in [-0.39, 0.29) is 11.1 Å². The van der Waals surface area contributed by atoms with Crippen LogP contribution in [0.1, 0.15) is 13.8 Å². The molecule has 0 aliphatic rings. The van der Waals surface area contributed by atoms with Crippen LogP contribution >= 0.6 is 7.60 Å². The molecular formula is C11H15O8PS. The van der Waals surface area contributed by atoms with Crippen molar-refractivity contribution in [1.82, 2.24) is 0 Å². The molecule has 1 aromatic carbocycles. The highest BCUT2D eigenvalue weighted by molar-refractivity contribution is 7.86. The summed E-state index contributed by atoms with van der Waals surface area (Å²) < 4.78 is 51.4. The van der Waals surface area contributed by atoms with Gasteiger partial charge in [0.05, 0.1) is 6.10 Å². The summed E-state index contributed by atoms with van der Waals surface area (Å²) in [6.07, 6.45) is -0.553. The molecule has 0 aliphatic heterocycles. The molecule has 1 rings (SSSR count). The largest absolute Gasteiger partial charge is 0.425 e. The second-order valence-corrected chi connectivity index (χ2v) is 7.53. The third-order valence-corrected chi connectivity index (χ3v) is 4.33. The maximum absolute atomic E-state index is 12.1. The van der Waals surface area contributed by atoms with E-state index in [9.17, 15) is 22.7 Å². The lowest BCUT2D eigenvalue weighted by Crippen LogP contribution is -2.23. The minimum Gasteiger partial charge on any atom is -0.425 e. The zero-order chi connectivity index (χ0) is 16.3. The van der Waals surface area contributed by atoms with Gasteiger partial charge in [0.2, 0.25) is 0 Å². The van der Waals surface area contributed by atoms with Gasteiger partial charge in [-0.25, -0.2) is 0 Å². The molecule has 1 atom stereocenters. The van der Waals surface area contributed by atoms with E-state index in [1.165, 1.54) is 24.3 Å². The average Bonchev–Trinajstić information content (AvgIpc) is 2.24. The van der Waals surface area contributed by atoms with Crippen LogP contribution in [0.4, 0.5) is 0 Å². The van der Waals surface area contributed by atoms with Gasteiger partial charge in [0.15, 0.2) is 5.75 Å². The van der Waals surface area contributed by atoms with Crippen LogP contribution in [-0.2, 0) is 24.0 Å². The zero-order valence-electron chi connectivity index (χ0n) is 11.3. The molecular weight excluding hydrogens is 323 g/mol. The Morgan fingerprint density at radius 2 is 1.90 bits per heavy atom. The molecule has 2 N–H and O–H groups in total. The molecule has 0 heterocycles. The van der Waals surface area contributed by atoms with Crippen LogP contribution in [0, 0.1) is 0 Å². The van der Waals surface area contributed by atoms with Gasteiger partial charge in [0, 0.05) is 0 Å². The fourth-order valence-corrected chi connectivity index (χ4v) is 3.14. The number of esters is 1. The molecule has 0 saturated heterocycles. The smallest absolute Gasteiger partial charge is 0.362 e. The van der Waals surface area contributed by atoms with Gasteiger partial charge in [0.25, 0.3) is 10.1 Å². The molecule has 0 aromatic heterocycles. The van der Waals surface area contributed by atoms with Gasteiger partial charge in [0.1, 0.15) is 11.1 Å². The highest BCUT2D eigenvalue weighted by Gasteiger charge is 2.29. The van der Waals surface area contributed by atoms with Gasteiger partial charge in [-0.05, 0) is 26.0 Å². The Balaban J connectivity index is 3.05. The Kier molecular flexibility index (Phi) is 5.66. The van der Waals surface area contributed by atoms with Crippen molar-refractivity contribution in [2.45, 2.75) is 20.0 Å².